The molecular weight excluding hydrogens is 556 g/mol. The number of anilines is 1. The molecule has 0 bridgehead atoms. The van der Waals surface area contributed by atoms with Crippen molar-refractivity contribution in [1.29, 1.82) is 0 Å². The molecule has 0 unspecified atom stereocenters. The Morgan fingerprint density at radius 2 is 1.88 bits per heavy atom. The lowest BCUT2D eigenvalue weighted by Crippen LogP contribution is -2.27. The summed E-state index contributed by atoms with van der Waals surface area (Å²) >= 11 is 7.19. The van der Waals surface area contributed by atoms with E-state index >= 15 is 0 Å². The van der Waals surface area contributed by atoms with Crippen LogP contribution in [0, 0.1) is 6.92 Å². The Morgan fingerprint density at radius 3 is 2.65 bits per heavy atom. The number of benzene rings is 3. The standard InChI is InChI=1S/C29H25ClN2O7S/c1-3-36-23-10-18(7-8-22(23)37-15-27(33)31-20-6-4-5-17(2)9-20)11-26-28(34)32(29(35)40-26)14-19-12-24-25(13-21(19)30)39-16-38-24/h4-13H,3,14-16H2,1-2H3,(H,31,33)/b26-11-. The average molecular weight is 581 g/mol. The highest BCUT2D eigenvalue weighted by atomic mass is 35.5. The van der Waals surface area contributed by atoms with Crippen LogP contribution in [-0.4, -0.2) is 42.0 Å². The maximum atomic E-state index is 13.1. The van der Waals surface area contributed by atoms with Crippen molar-refractivity contribution in [3.63, 3.8) is 0 Å². The molecule has 40 heavy (non-hydrogen) atoms. The van der Waals surface area contributed by atoms with Crippen LogP contribution >= 0.6 is 23.4 Å². The van der Waals surface area contributed by atoms with E-state index in [0.717, 1.165) is 22.2 Å². The molecule has 3 aromatic carbocycles. The van der Waals surface area contributed by atoms with Crippen LogP contribution in [0.25, 0.3) is 6.08 Å². The molecule has 2 heterocycles. The first-order valence-electron chi connectivity index (χ1n) is 12.4. The van der Waals surface area contributed by atoms with E-state index in [1.165, 1.54) is 0 Å². The molecule has 2 aliphatic rings. The third-order valence-electron chi connectivity index (χ3n) is 5.97. The molecule has 0 saturated carbocycles. The van der Waals surface area contributed by atoms with Gasteiger partial charge in [-0.05, 0) is 78.7 Å². The third kappa shape index (κ3) is 6.19. The van der Waals surface area contributed by atoms with Gasteiger partial charge in [-0.2, -0.15) is 0 Å². The zero-order chi connectivity index (χ0) is 28.2. The number of nitrogens with zero attached hydrogens (tertiary/aromatic N) is 1. The summed E-state index contributed by atoms with van der Waals surface area (Å²) in [6.45, 7) is 4.01. The van der Waals surface area contributed by atoms with Crippen molar-refractivity contribution in [1.82, 2.24) is 4.90 Å². The predicted molar refractivity (Wildman–Crippen MR) is 152 cm³/mol. The van der Waals surface area contributed by atoms with Gasteiger partial charge in [-0.25, -0.2) is 0 Å². The van der Waals surface area contributed by atoms with E-state index in [-0.39, 0.29) is 30.8 Å². The number of imide groups is 1. The molecule has 0 aromatic heterocycles. The number of fused-ring (bicyclic) bond motifs is 1. The van der Waals surface area contributed by atoms with Crippen molar-refractivity contribution in [2.75, 3.05) is 25.3 Å². The molecule has 1 N–H and O–H groups in total. The van der Waals surface area contributed by atoms with Crippen LogP contribution in [0.4, 0.5) is 10.5 Å². The molecule has 0 aliphatic carbocycles. The largest absolute Gasteiger partial charge is 0.490 e. The first-order chi connectivity index (χ1) is 19.3. The summed E-state index contributed by atoms with van der Waals surface area (Å²) in [7, 11) is 0. The Bertz CT molecular complexity index is 1520. The second-order valence-corrected chi connectivity index (χ2v) is 10.3. The summed E-state index contributed by atoms with van der Waals surface area (Å²) < 4.78 is 22.1. The minimum Gasteiger partial charge on any atom is -0.490 e. The van der Waals surface area contributed by atoms with Crippen LogP contribution in [0.1, 0.15) is 23.6 Å². The molecule has 2 aliphatic heterocycles. The van der Waals surface area contributed by atoms with Crippen molar-refractivity contribution in [2.45, 2.75) is 20.4 Å². The van der Waals surface area contributed by atoms with E-state index in [0.29, 0.717) is 51.4 Å². The number of ether oxygens (including phenoxy) is 4. The molecule has 1 saturated heterocycles. The number of carbonyl (C=O) groups is 3. The zero-order valence-corrected chi connectivity index (χ0v) is 23.3. The molecule has 206 valence electrons. The summed E-state index contributed by atoms with van der Waals surface area (Å²) in [4.78, 5) is 39.6. The summed E-state index contributed by atoms with van der Waals surface area (Å²) in [6, 6.07) is 15.8. The van der Waals surface area contributed by atoms with E-state index in [1.54, 1.807) is 42.5 Å². The predicted octanol–water partition coefficient (Wildman–Crippen LogP) is 6.03. The molecule has 11 heteroatoms. The summed E-state index contributed by atoms with van der Waals surface area (Å²) in [5, 5.41) is 2.76. The molecule has 0 spiro atoms. The summed E-state index contributed by atoms with van der Waals surface area (Å²) in [6.07, 6.45) is 1.61. The fourth-order valence-electron chi connectivity index (χ4n) is 4.10. The quantitative estimate of drug-likeness (QED) is 0.306. The Morgan fingerprint density at radius 1 is 1.07 bits per heavy atom. The highest BCUT2D eigenvalue weighted by molar-refractivity contribution is 8.18. The van der Waals surface area contributed by atoms with Crippen molar-refractivity contribution < 1.29 is 33.3 Å². The van der Waals surface area contributed by atoms with E-state index in [2.05, 4.69) is 5.32 Å². The Balaban J connectivity index is 1.27. The number of halogens is 1. The number of rotatable bonds is 9. The molecule has 0 radical (unpaired) electrons. The number of hydrogen-bond donors (Lipinski definition) is 1. The molecule has 9 nitrogen and oxygen atoms in total. The zero-order valence-electron chi connectivity index (χ0n) is 21.7. The molecule has 3 aromatic rings. The highest BCUT2D eigenvalue weighted by Crippen LogP contribution is 2.40. The van der Waals surface area contributed by atoms with Gasteiger partial charge in [-0.1, -0.05) is 29.8 Å². The first kappa shape index (κ1) is 27.4. The fourth-order valence-corrected chi connectivity index (χ4v) is 5.16. The number of amides is 3. The van der Waals surface area contributed by atoms with E-state index in [4.69, 9.17) is 30.5 Å². The van der Waals surface area contributed by atoms with Gasteiger partial charge in [0.15, 0.2) is 29.6 Å². The number of carbonyl (C=O) groups excluding carboxylic acids is 3. The Kier molecular flexibility index (Phi) is 8.18. The number of hydrogen-bond acceptors (Lipinski definition) is 8. The Labute approximate surface area is 240 Å². The molecule has 1 fully saturated rings. The molecular formula is C29H25ClN2O7S. The summed E-state index contributed by atoms with van der Waals surface area (Å²) in [5.74, 6) is 1.07. The van der Waals surface area contributed by atoms with Crippen LogP contribution in [0.2, 0.25) is 5.02 Å². The van der Waals surface area contributed by atoms with Crippen LogP contribution in [0.3, 0.4) is 0 Å². The van der Waals surface area contributed by atoms with Gasteiger partial charge in [0.05, 0.1) is 18.1 Å². The van der Waals surface area contributed by atoms with Crippen molar-refractivity contribution in [3.8, 4) is 23.0 Å². The van der Waals surface area contributed by atoms with Gasteiger partial charge in [-0.3, -0.25) is 19.3 Å². The van der Waals surface area contributed by atoms with Crippen LogP contribution in [-0.2, 0) is 16.1 Å². The van der Waals surface area contributed by atoms with Gasteiger partial charge in [0.25, 0.3) is 17.1 Å². The van der Waals surface area contributed by atoms with Gasteiger partial charge < -0.3 is 24.3 Å². The van der Waals surface area contributed by atoms with Gasteiger partial charge >= 0.3 is 0 Å². The summed E-state index contributed by atoms with van der Waals surface area (Å²) in [5.41, 5.74) is 2.92. The SMILES string of the molecule is CCOc1cc(/C=C2\SC(=O)N(Cc3cc4c(cc3Cl)OCO4)C2=O)ccc1OCC(=O)Nc1cccc(C)c1. The minimum atomic E-state index is -0.435. The van der Waals surface area contributed by atoms with Gasteiger partial charge in [0.2, 0.25) is 6.79 Å². The van der Waals surface area contributed by atoms with E-state index in [1.807, 2.05) is 32.0 Å². The maximum Gasteiger partial charge on any atom is 0.293 e. The van der Waals surface area contributed by atoms with E-state index in [9.17, 15) is 14.4 Å². The van der Waals surface area contributed by atoms with Crippen LogP contribution in [0.5, 0.6) is 23.0 Å². The lowest BCUT2D eigenvalue weighted by Gasteiger charge is -2.14. The molecule has 0 atom stereocenters. The van der Waals surface area contributed by atoms with Gasteiger partial charge in [0.1, 0.15) is 0 Å². The van der Waals surface area contributed by atoms with Crippen LogP contribution < -0.4 is 24.3 Å². The first-order valence-corrected chi connectivity index (χ1v) is 13.6. The van der Waals surface area contributed by atoms with Gasteiger partial charge in [0, 0.05) is 16.8 Å². The second kappa shape index (κ2) is 11.9. The average Bonchev–Trinajstić information content (AvgIpc) is 3.47. The molecule has 5 rings (SSSR count). The number of nitrogens with one attached hydrogen (secondary N) is 1. The van der Waals surface area contributed by atoms with Crippen molar-refractivity contribution in [2.24, 2.45) is 0 Å². The highest BCUT2D eigenvalue weighted by Gasteiger charge is 2.36. The Hall–Kier alpha value is -4.15. The van der Waals surface area contributed by atoms with Gasteiger partial charge in [-0.15, -0.1) is 0 Å². The number of thioether (sulfide) groups is 1. The molecule has 3 amide bonds. The fraction of sp³-hybridized carbons (Fsp3) is 0.207. The maximum absolute atomic E-state index is 13.1. The normalized spacial score (nSPS) is 15.1. The lowest BCUT2D eigenvalue weighted by atomic mass is 10.1. The third-order valence-corrected chi connectivity index (χ3v) is 7.23. The number of aryl methyl sites for hydroxylation is 1. The van der Waals surface area contributed by atoms with Crippen molar-refractivity contribution in [3.05, 3.63) is 81.2 Å². The topological polar surface area (TPSA) is 103 Å². The minimum absolute atomic E-state index is 0.000925. The van der Waals surface area contributed by atoms with Crippen molar-refractivity contribution >= 4 is 52.2 Å². The van der Waals surface area contributed by atoms with Crippen LogP contribution in [0.15, 0.2) is 59.5 Å². The second-order valence-electron chi connectivity index (χ2n) is 8.91. The monoisotopic (exact) mass is 580 g/mol. The lowest BCUT2D eigenvalue weighted by molar-refractivity contribution is -0.123. The smallest absolute Gasteiger partial charge is 0.293 e. The van der Waals surface area contributed by atoms with E-state index < -0.39 is 11.1 Å².